The van der Waals surface area contributed by atoms with E-state index in [1.165, 1.54) is 13.0 Å². The maximum Gasteiger partial charge on any atom is 0.163 e. The smallest absolute Gasteiger partial charge is 0.163 e. The minimum absolute atomic E-state index is 0.0358. The predicted molar refractivity (Wildman–Crippen MR) is 78.4 cm³/mol. The Kier molecular flexibility index (Phi) is 4.68. The molecule has 20 heavy (non-hydrogen) atoms. The van der Waals surface area contributed by atoms with E-state index in [0.29, 0.717) is 17.1 Å². The summed E-state index contributed by atoms with van der Waals surface area (Å²) in [5.74, 6) is -0.149. The zero-order valence-electron chi connectivity index (χ0n) is 12.0. The zero-order valence-corrected chi connectivity index (χ0v) is 12.8. The van der Waals surface area contributed by atoms with Crippen molar-refractivity contribution in [3.05, 3.63) is 28.3 Å². The van der Waals surface area contributed by atoms with E-state index >= 15 is 0 Å². The van der Waals surface area contributed by atoms with E-state index in [-0.39, 0.29) is 29.3 Å². The number of ether oxygens (including phenoxy) is 1. The number of hydrogen-bond acceptors (Lipinski definition) is 4. The number of halogens is 1. The molecule has 1 saturated heterocycles. The van der Waals surface area contributed by atoms with Crippen LogP contribution in [-0.4, -0.2) is 41.1 Å². The van der Waals surface area contributed by atoms with E-state index in [1.54, 1.807) is 6.07 Å². The molecule has 1 aromatic rings. The first kappa shape index (κ1) is 15.3. The van der Waals surface area contributed by atoms with Crippen LogP contribution < -0.4 is 0 Å². The van der Waals surface area contributed by atoms with Crippen molar-refractivity contribution in [1.82, 2.24) is 4.90 Å². The van der Waals surface area contributed by atoms with Crippen molar-refractivity contribution in [3.63, 3.8) is 0 Å². The molecular formula is C15H20ClNO3. The first-order chi connectivity index (χ1) is 9.36. The fourth-order valence-corrected chi connectivity index (χ4v) is 2.94. The maximum atomic E-state index is 11.5. The molecule has 0 radical (unpaired) electrons. The van der Waals surface area contributed by atoms with E-state index in [0.717, 1.165) is 13.1 Å². The minimum atomic E-state index is -0.185. The average Bonchev–Trinajstić information content (AvgIpc) is 2.31. The quantitative estimate of drug-likeness (QED) is 0.872. The topological polar surface area (TPSA) is 49.8 Å². The Morgan fingerprint density at radius 1 is 1.40 bits per heavy atom. The van der Waals surface area contributed by atoms with Crippen molar-refractivity contribution in [1.29, 1.82) is 0 Å². The lowest BCUT2D eigenvalue weighted by Gasteiger charge is -2.35. The number of morpholine rings is 1. The van der Waals surface area contributed by atoms with Crippen LogP contribution in [0.3, 0.4) is 0 Å². The van der Waals surface area contributed by atoms with Crippen LogP contribution in [0.2, 0.25) is 5.02 Å². The summed E-state index contributed by atoms with van der Waals surface area (Å²) in [6.07, 6.45) is 0.319. The molecule has 0 spiro atoms. The van der Waals surface area contributed by atoms with Gasteiger partial charge in [-0.2, -0.15) is 0 Å². The van der Waals surface area contributed by atoms with Crippen molar-refractivity contribution in [2.45, 2.75) is 39.5 Å². The van der Waals surface area contributed by atoms with Crippen LogP contribution >= 0.6 is 11.6 Å². The lowest BCUT2D eigenvalue weighted by atomic mass is 10.0. The third-order valence-electron chi connectivity index (χ3n) is 3.42. The van der Waals surface area contributed by atoms with Crippen molar-refractivity contribution in [3.8, 4) is 5.75 Å². The first-order valence-electron chi connectivity index (χ1n) is 6.77. The second-order valence-electron chi connectivity index (χ2n) is 5.47. The molecule has 5 heteroatoms. The summed E-state index contributed by atoms with van der Waals surface area (Å²) in [5.41, 5.74) is 0.964. The molecule has 2 atom stereocenters. The molecule has 1 N–H and O–H groups in total. The van der Waals surface area contributed by atoms with Crippen molar-refractivity contribution >= 4 is 17.4 Å². The van der Waals surface area contributed by atoms with Gasteiger partial charge in [-0.25, -0.2) is 0 Å². The molecule has 1 aromatic carbocycles. The number of phenolic OH excluding ortho intramolecular Hbond substituents is 1. The van der Waals surface area contributed by atoms with Crippen molar-refractivity contribution in [2.75, 3.05) is 13.1 Å². The van der Waals surface area contributed by atoms with Gasteiger partial charge in [0.2, 0.25) is 0 Å². The number of rotatable bonds is 3. The Morgan fingerprint density at radius 2 is 2.00 bits per heavy atom. The number of carbonyl (C=O) groups excluding carboxylic acids is 1. The minimum Gasteiger partial charge on any atom is -0.507 e. The Bertz CT molecular complexity index is 508. The summed E-state index contributed by atoms with van der Waals surface area (Å²) in [6, 6.07) is 3.22. The van der Waals surface area contributed by atoms with Gasteiger partial charge in [0.1, 0.15) is 5.75 Å². The van der Waals surface area contributed by atoms with Gasteiger partial charge >= 0.3 is 0 Å². The molecule has 1 fully saturated rings. The summed E-state index contributed by atoms with van der Waals surface area (Å²) in [5, 5.41) is 10.7. The molecule has 0 amide bonds. The molecule has 110 valence electrons. The fourth-order valence-electron chi connectivity index (χ4n) is 2.70. The largest absolute Gasteiger partial charge is 0.507 e. The normalized spacial score (nSPS) is 23.8. The maximum absolute atomic E-state index is 11.5. The van der Waals surface area contributed by atoms with Gasteiger partial charge < -0.3 is 9.84 Å². The molecule has 1 aliphatic heterocycles. The Labute approximate surface area is 124 Å². The molecule has 0 bridgehead atoms. The second kappa shape index (κ2) is 6.12. The van der Waals surface area contributed by atoms with Crippen molar-refractivity contribution in [2.24, 2.45) is 0 Å². The van der Waals surface area contributed by atoms with Crippen LogP contribution in [0, 0.1) is 0 Å². The highest BCUT2D eigenvalue weighted by molar-refractivity contribution is 6.31. The van der Waals surface area contributed by atoms with Gasteiger partial charge in [-0.1, -0.05) is 11.6 Å². The highest BCUT2D eigenvalue weighted by atomic mass is 35.5. The summed E-state index contributed by atoms with van der Waals surface area (Å²) < 4.78 is 5.69. The number of aromatic hydroxyl groups is 1. The van der Waals surface area contributed by atoms with E-state index in [9.17, 15) is 9.90 Å². The number of hydrogen-bond donors (Lipinski definition) is 1. The number of Topliss-reactive ketones (excluding diaryl/α,β-unsaturated/α-hetero) is 1. The van der Waals surface area contributed by atoms with Crippen LogP contribution in [0.1, 0.15) is 36.7 Å². The molecule has 1 aliphatic rings. The van der Waals surface area contributed by atoms with E-state index in [4.69, 9.17) is 16.3 Å². The molecule has 0 aromatic heterocycles. The molecular weight excluding hydrogens is 278 g/mol. The third kappa shape index (κ3) is 3.51. The van der Waals surface area contributed by atoms with Crippen LogP contribution in [0.25, 0.3) is 0 Å². The van der Waals surface area contributed by atoms with E-state index < -0.39 is 0 Å². The predicted octanol–water partition coefficient (Wildman–Crippen LogP) is 2.86. The number of benzene rings is 1. The lowest BCUT2D eigenvalue weighted by molar-refractivity contribution is -0.0706. The van der Waals surface area contributed by atoms with Gasteiger partial charge in [0, 0.05) is 30.2 Å². The summed E-state index contributed by atoms with van der Waals surface area (Å²) in [7, 11) is 0. The fraction of sp³-hybridized carbons (Fsp3) is 0.533. The van der Waals surface area contributed by atoms with Gasteiger partial charge in [-0.15, -0.1) is 0 Å². The van der Waals surface area contributed by atoms with E-state index in [2.05, 4.69) is 4.90 Å². The summed E-state index contributed by atoms with van der Waals surface area (Å²) in [6.45, 7) is 7.64. The number of carbonyl (C=O) groups is 1. The number of ketones is 1. The SMILES string of the molecule is CC(=O)c1cc(Cl)cc(CN2CC(C)OC(C)C2)c1O. The molecule has 2 rings (SSSR count). The van der Waals surface area contributed by atoms with Crippen LogP contribution in [0.5, 0.6) is 5.75 Å². The highest BCUT2D eigenvalue weighted by Gasteiger charge is 2.23. The average molecular weight is 298 g/mol. The van der Waals surface area contributed by atoms with Crippen LogP contribution in [-0.2, 0) is 11.3 Å². The Morgan fingerprint density at radius 3 is 2.55 bits per heavy atom. The second-order valence-corrected chi connectivity index (χ2v) is 5.91. The zero-order chi connectivity index (χ0) is 14.9. The molecule has 4 nitrogen and oxygen atoms in total. The number of nitrogens with zero attached hydrogens (tertiary/aromatic N) is 1. The van der Waals surface area contributed by atoms with Gasteiger partial charge in [-0.05, 0) is 32.9 Å². The first-order valence-corrected chi connectivity index (χ1v) is 7.14. The van der Waals surface area contributed by atoms with Crippen molar-refractivity contribution < 1.29 is 14.6 Å². The van der Waals surface area contributed by atoms with Gasteiger partial charge in [0.25, 0.3) is 0 Å². The molecule has 0 aliphatic carbocycles. The van der Waals surface area contributed by atoms with Gasteiger partial charge in [0.15, 0.2) is 5.78 Å². The Balaban J connectivity index is 2.23. The van der Waals surface area contributed by atoms with Crippen LogP contribution in [0.4, 0.5) is 0 Å². The van der Waals surface area contributed by atoms with Crippen LogP contribution in [0.15, 0.2) is 12.1 Å². The van der Waals surface area contributed by atoms with Gasteiger partial charge in [-0.3, -0.25) is 9.69 Å². The van der Waals surface area contributed by atoms with Gasteiger partial charge in [0.05, 0.1) is 17.8 Å². The summed E-state index contributed by atoms with van der Waals surface area (Å²) in [4.78, 5) is 13.7. The molecule has 0 saturated carbocycles. The highest BCUT2D eigenvalue weighted by Crippen LogP contribution is 2.29. The third-order valence-corrected chi connectivity index (χ3v) is 3.64. The Hall–Kier alpha value is -1.10. The standard InChI is InChI=1S/C15H20ClNO3/c1-9-6-17(7-10(2)20-9)8-12-4-13(16)5-14(11(3)18)15(12)19/h4-5,9-10,19H,6-8H2,1-3H3. The molecule has 1 heterocycles. The monoisotopic (exact) mass is 297 g/mol. The summed E-state index contributed by atoms with van der Waals surface area (Å²) >= 11 is 6.03. The van der Waals surface area contributed by atoms with E-state index in [1.807, 2.05) is 13.8 Å². The molecule has 2 unspecified atom stereocenters. The lowest BCUT2D eigenvalue weighted by Crippen LogP contribution is -2.44. The number of phenols is 1.